The molecule has 1 fully saturated rings. The van der Waals surface area contributed by atoms with Gasteiger partial charge >= 0.3 is 0 Å². The molecule has 1 heterocycles. The zero-order valence-corrected chi connectivity index (χ0v) is 19.6. The Morgan fingerprint density at radius 1 is 0.455 bits per heavy atom. The molecule has 4 aromatic rings. The van der Waals surface area contributed by atoms with Crippen molar-refractivity contribution < 1.29 is 4.74 Å². The van der Waals surface area contributed by atoms with Crippen molar-refractivity contribution in [3.8, 4) is 0 Å². The summed E-state index contributed by atoms with van der Waals surface area (Å²) in [6, 6.07) is 39.1. The predicted octanol–water partition coefficient (Wildman–Crippen LogP) is 8.11. The molecule has 0 amide bonds. The normalized spacial score (nSPS) is 12.5. The highest BCUT2D eigenvalue weighted by Gasteiger charge is 2.15. The Hall–Kier alpha value is -3.42. The number of rotatable bonds is 4. The molecule has 0 atom stereocenters. The first-order valence-electron chi connectivity index (χ1n) is 11.8. The van der Waals surface area contributed by atoms with Crippen LogP contribution in [0.3, 0.4) is 0 Å². The lowest BCUT2D eigenvalue weighted by Crippen LogP contribution is -1.97. The molecular weight excluding hydrogens is 400 g/mol. The Labute approximate surface area is 198 Å². The largest absolute Gasteiger partial charge is 0.381 e. The molecule has 166 valence electrons. The maximum absolute atomic E-state index is 4.94. The monoisotopic (exact) mass is 432 g/mol. The molecule has 0 spiro atoms. The van der Waals surface area contributed by atoms with Crippen LogP contribution in [0.5, 0.6) is 0 Å². The first-order valence-corrected chi connectivity index (χ1v) is 11.8. The van der Waals surface area contributed by atoms with Crippen molar-refractivity contribution in [1.82, 2.24) is 0 Å². The van der Waals surface area contributed by atoms with Crippen LogP contribution >= 0.6 is 0 Å². The lowest BCUT2D eigenvalue weighted by Gasteiger charge is -2.18. The molecule has 1 aliphatic rings. The average molecular weight is 433 g/mol. The number of benzene rings is 4. The highest BCUT2D eigenvalue weighted by Crippen LogP contribution is 2.36. The molecule has 1 nitrogen and oxygen atoms in total. The van der Waals surface area contributed by atoms with Gasteiger partial charge < -0.3 is 4.74 Å². The lowest BCUT2D eigenvalue weighted by molar-refractivity contribution is 0.198. The number of ether oxygens (including phenoxy) is 1. The zero-order chi connectivity index (χ0) is 22.9. The standard InChI is InChI=1S/C28H24.C4H8O/c1-21-13-17-25(18-14-21)28(26-19-15-22(2)16-20-26)27(23-9-5-3-6-10-23)24-11-7-4-8-12-24;1-2-4-5-3-1/h3-20H,1-2H3;1-4H2. The van der Waals surface area contributed by atoms with E-state index in [1.54, 1.807) is 0 Å². The minimum atomic E-state index is 1.00. The second-order valence-corrected chi connectivity index (χ2v) is 8.53. The van der Waals surface area contributed by atoms with Crippen LogP contribution in [0.2, 0.25) is 0 Å². The molecule has 0 aliphatic carbocycles. The van der Waals surface area contributed by atoms with Gasteiger partial charge in [-0.15, -0.1) is 0 Å². The Morgan fingerprint density at radius 2 is 0.788 bits per heavy atom. The fraction of sp³-hybridized carbons (Fsp3) is 0.188. The van der Waals surface area contributed by atoms with E-state index in [1.807, 2.05) is 0 Å². The van der Waals surface area contributed by atoms with E-state index in [1.165, 1.54) is 57.4 Å². The van der Waals surface area contributed by atoms with Gasteiger partial charge in [0, 0.05) is 13.2 Å². The molecule has 0 radical (unpaired) electrons. The van der Waals surface area contributed by atoms with E-state index in [4.69, 9.17) is 4.74 Å². The van der Waals surface area contributed by atoms with Gasteiger partial charge in [0.05, 0.1) is 0 Å². The maximum Gasteiger partial charge on any atom is 0.0466 e. The van der Waals surface area contributed by atoms with E-state index < -0.39 is 0 Å². The summed E-state index contributed by atoms with van der Waals surface area (Å²) < 4.78 is 4.94. The van der Waals surface area contributed by atoms with Gasteiger partial charge in [-0.05, 0) is 60.1 Å². The number of aryl methyl sites for hydroxylation is 2. The topological polar surface area (TPSA) is 9.23 Å². The smallest absolute Gasteiger partial charge is 0.0466 e. The Balaban J connectivity index is 0.000000459. The molecule has 0 saturated carbocycles. The Morgan fingerprint density at radius 3 is 1.09 bits per heavy atom. The number of hydrogen-bond acceptors (Lipinski definition) is 1. The Bertz CT molecular complexity index is 1050. The maximum atomic E-state index is 4.94. The molecule has 33 heavy (non-hydrogen) atoms. The summed E-state index contributed by atoms with van der Waals surface area (Å²) in [4.78, 5) is 0. The third-order valence-corrected chi connectivity index (χ3v) is 5.88. The van der Waals surface area contributed by atoms with E-state index in [-0.39, 0.29) is 0 Å². The van der Waals surface area contributed by atoms with E-state index >= 15 is 0 Å². The quantitative estimate of drug-likeness (QED) is 0.296. The van der Waals surface area contributed by atoms with Gasteiger partial charge in [-0.2, -0.15) is 0 Å². The second-order valence-electron chi connectivity index (χ2n) is 8.53. The van der Waals surface area contributed by atoms with Gasteiger partial charge in [-0.1, -0.05) is 120 Å². The molecule has 0 aromatic heterocycles. The van der Waals surface area contributed by atoms with Crippen molar-refractivity contribution in [2.75, 3.05) is 13.2 Å². The molecule has 0 bridgehead atoms. The summed E-state index contributed by atoms with van der Waals surface area (Å²) in [5.74, 6) is 0. The summed E-state index contributed by atoms with van der Waals surface area (Å²) in [5.41, 5.74) is 9.98. The van der Waals surface area contributed by atoms with Gasteiger partial charge in [0.15, 0.2) is 0 Å². The second kappa shape index (κ2) is 11.4. The van der Waals surface area contributed by atoms with Crippen LogP contribution in [0, 0.1) is 13.8 Å². The van der Waals surface area contributed by atoms with Crippen LogP contribution in [0.25, 0.3) is 11.1 Å². The number of hydrogen-bond donors (Lipinski definition) is 0. The van der Waals surface area contributed by atoms with E-state index in [0.717, 1.165) is 13.2 Å². The summed E-state index contributed by atoms with van der Waals surface area (Å²) in [7, 11) is 0. The highest BCUT2D eigenvalue weighted by atomic mass is 16.5. The van der Waals surface area contributed by atoms with Gasteiger partial charge in [-0.25, -0.2) is 0 Å². The molecule has 0 N–H and O–H groups in total. The van der Waals surface area contributed by atoms with Crippen molar-refractivity contribution in [3.63, 3.8) is 0 Å². The van der Waals surface area contributed by atoms with Crippen LogP contribution in [-0.2, 0) is 4.74 Å². The molecule has 1 heteroatoms. The minimum Gasteiger partial charge on any atom is -0.381 e. The fourth-order valence-corrected chi connectivity index (χ4v) is 4.07. The van der Waals surface area contributed by atoms with Gasteiger partial charge in [0.25, 0.3) is 0 Å². The van der Waals surface area contributed by atoms with Crippen LogP contribution < -0.4 is 0 Å². The molecule has 0 unspecified atom stereocenters. The van der Waals surface area contributed by atoms with Crippen LogP contribution in [-0.4, -0.2) is 13.2 Å². The fourth-order valence-electron chi connectivity index (χ4n) is 4.07. The first-order chi connectivity index (χ1) is 16.2. The van der Waals surface area contributed by atoms with E-state index in [9.17, 15) is 0 Å². The van der Waals surface area contributed by atoms with Crippen molar-refractivity contribution in [2.45, 2.75) is 26.7 Å². The summed E-state index contributed by atoms with van der Waals surface area (Å²) >= 11 is 0. The van der Waals surface area contributed by atoms with Crippen LogP contribution in [0.1, 0.15) is 46.2 Å². The molecule has 4 aromatic carbocycles. The summed E-state index contributed by atoms with van der Waals surface area (Å²) in [5, 5.41) is 0. The summed E-state index contributed by atoms with van der Waals surface area (Å²) in [6.07, 6.45) is 2.56. The molecular formula is C32H32O. The van der Waals surface area contributed by atoms with Crippen LogP contribution in [0.4, 0.5) is 0 Å². The highest BCUT2D eigenvalue weighted by molar-refractivity contribution is 6.04. The van der Waals surface area contributed by atoms with Crippen molar-refractivity contribution in [1.29, 1.82) is 0 Å². The van der Waals surface area contributed by atoms with E-state index in [0.29, 0.717) is 0 Å². The molecule has 1 aliphatic heterocycles. The Kier molecular flexibility index (Phi) is 7.90. The average Bonchev–Trinajstić information content (AvgIpc) is 3.46. The van der Waals surface area contributed by atoms with Crippen LogP contribution in [0.15, 0.2) is 109 Å². The van der Waals surface area contributed by atoms with Crippen molar-refractivity contribution in [3.05, 3.63) is 143 Å². The lowest BCUT2D eigenvalue weighted by atomic mass is 9.85. The predicted molar refractivity (Wildman–Crippen MR) is 140 cm³/mol. The van der Waals surface area contributed by atoms with Gasteiger partial charge in [0.1, 0.15) is 0 Å². The third kappa shape index (κ3) is 6.09. The van der Waals surface area contributed by atoms with Gasteiger partial charge in [-0.3, -0.25) is 0 Å². The first kappa shape index (κ1) is 22.8. The minimum absolute atomic E-state index is 1.00. The van der Waals surface area contributed by atoms with Gasteiger partial charge in [0.2, 0.25) is 0 Å². The molecule has 1 saturated heterocycles. The van der Waals surface area contributed by atoms with Crippen molar-refractivity contribution >= 4 is 11.1 Å². The molecule has 5 rings (SSSR count). The zero-order valence-electron chi connectivity index (χ0n) is 19.6. The van der Waals surface area contributed by atoms with Crippen molar-refractivity contribution in [2.24, 2.45) is 0 Å². The SMILES string of the molecule is C1CCOC1.Cc1ccc(C(=C(c2ccccc2)c2ccccc2)c2ccc(C)cc2)cc1. The third-order valence-electron chi connectivity index (χ3n) is 5.88. The van der Waals surface area contributed by atoms with E-state index in [2.05, 4.69) is 123 Å². The summed E-state index contributed by atoms with van der Waals surface area (Å²) in [6.45, 7) is 6.27.